The molecule has 1 aromatic rings. The van der Waals surface area contributed by atoms with E-state index in [1.807, 2.05) is 17.7 Å². The van der Waals surface area contributed by atoms with Crippen molar-refractivity contribution in [1.29, 1.82) is 0 Å². The highest BCUT2D eigenvalue weighted by atomic mass is 35.5. The van der Waals surface area contributed by atoms with Crippen molar-refractivity contribution in [2.75, 3.05) is 0 Å². The quantitative estimate of drug-likeness (QED) is 0.472. The largest absolute Gasteiger partial charge is 0.207 e. The molecule has 0 amide bonds. The Kier molecular flexibility index (Phi) is 6.81. The second-order valence-corrected chi connectivity index (χ2v) is 10.1. The van der Waals surface area contributed by atoms with Crippen molar-refractivity contribution in [3.05, 3.63) is 47.3 Å². The summed E-state index contributed by atoms with van der Waals surface area (Å²) in [5.74, 6) is 3.21. The van der Waals surface area contributed by atoms with Crippen molar-refractivity contribution in [3.63, 3.8) is 0 Å². The summed E-state index contributed by atoms with van der Waals surface area (Å²) in [6, 6.07) is 7.21. The third-order valence-electron chi connectivity index (χ3n) is 8.55. The predicted molar refractivity (Wildman–Crippen MR) is 117 cm³/mol. The maximum atomic E-state index is 13.2. The zero-order chi connectivity index (χ0) is 19.4. The van der Waals surface area contributed by atoms with Gasteiger partial charge in [-0.1, -0.05) is 61.9 Å². The van der Waals surface area contributed by atoms with Crippen molar-refractivity contribution in [1.82, 2.24) is 0 Å². The van der Waals surface area contributed by atoms with Gasteiger partial charge in [-0.15, -0.1) is 0 Å². The molecule has 0 nitrogen and oxygen atoms in total. The van der Waals surface area contributed by atoms with Gasteiger partial charge in [0.1, 0.15) is 5.82 Å². The van der Waals surface area contributed by atoms with Gasteiger partial charge in [0.15, 0.2) is 0 Å². The van der Waals surface area contributed by atoms with Crippen molar-refractivity contribution in [3.8, 4) is 0 Å². The van der Waals surface area contributed by atoms with E-state index in [-0.39, 0.29) is 5.82 Å². The van der Waals surface area contributed by atoms with E-state index in [0.29, 0.717) is 11.3 Å². The molecular formula is C26H36ClF. The SMILES string of the molecule is Fc1ccc(C2CCC(C3(C=CCl)CCC(C4CCCCC4)CC3)CC2)cc1. The summed E-state index contributed by atoms with van der Waals surface area (Å²) in [6.07, 6.45) is 20.2. The highest BCUT2D eigenvalue weighted by Crippen LogP contribution is 2.54. The fourth-order valence-electron chi connectivity index (χ4n) is 6.83. The molecule has 3 aliphatic rings. The Morgan fingerprint density at radius 2 is 1.39 bits per heavy atom. The van der Waals surface area contributed by atoms with Gasteiger partial charge in [-0.3, -0.25) is 0 Å². The van der Waals surface area contributed by atoms with Crippen LogP contribution in [-0.2, 0) is 0 Å². The molecule has 0 atom stereocenters. The number of halogens is 2. The van der Waals surface area contributed by atoms with Crippen LogP contribution in [0.2, 0.25) is 0 Å². The molecule has 2 heteroatoms. The zero-order valence-electron chi connectivity index (χ0n) is 17.2. The lowest BCUT2D eigenvalue weighted by Crippen LogP contribution is -2.37. The standard InChI is InChI=1S/C26H36ClF/c27-19-18-26(16-14-23(15-17-26)20-4-2-1-3-5-20)24-10-6-21(7-11-24)22-8-12-25(28)13-9-22/h8-9,12-13,18-21,23-24H,1-7,10-11,14-17H2. The van der Waals surface area contributed by atoms with E-state index in [1.54, 1.807) is 12.1 Å². The average Bonchev–Trinajstić information content (AvgIpc) is 2.76. The molecule has 0 saturated heterocycles. The summed E-state index contributed by atoms with van der Waals surface area (Å²) in [6.45, 7) is 0. The van der Waals surface area contributed by atoms with E-state index < -0.39 is 0 Å². The number of rotatable bonds is 4. The molecule has 0 N–H and O–H groups in total. The minimum absolute atomic E-state index is 0.127. The van der Waals surface area contributed by atoms with Gasteiger partial charge in [0, 0.05) is 5.54 Å². The topological polar surface area (TPSA) is 0 Å². The summed E-state index contributed by atoms with van der Waals surface area (Å²) in [5, 5.41) is 0. The number of hydrogen-bond acceptors (Lipinski definition) is 0. The Balaban J connectivity index is 1.37. The van der Waals surface area contributed by atoms with E-state index >= 15 is 0 Å². The molecule has 3 saturated carbocycles. The maximum absolute atomic E-state index is 13.2. The molecule has 0 spiro atoms. The van der Waals surface area contributed by atoms with Gasteiger partial charge < -0.3 is 0 Å². The van der Waals surface area contributed by atoms with Crippen LogP contribution in [0.5, 0.6) is 0 Å². The third-order valence-corrected chi connectivity index (χ3v) is 8.68. The highest BCUT2D eigenvalue weighted by molar-refractivity contribution is 6.25. The molecule has 0 aromatic heterocycles. The first-order chi connectivity index (χ1) is 13.7. The van der Waals surface area contributed by atoms with Gasteiger partial charge in [0.05, 0.1) is 0 Å². The van der Waals surface area contributed by atoms with E-state index in [0.717, 1.165) is 17.8 Å². The fourth-order valence-corrected chi connectivity index (χ4v) is 7.08. The lowest BCUT2D eigenvalue weighted by molar-refractivity contribution is 0.0663. The molecular weight excluding hydrogens is 367 g/mol. The number of hydrogen-bond donors (Lipinski definition) is 0. The highest BCUT2D eigenvalue weighted by Gasteiger charge is 2.42. The summed E-state index contributed by atoms with van der Waals surface area (Å²) >= 11 is 6.15. The van der Waals surface area contributed by atoms with Gasteiger partial charge >= 0.3 is 0 Å². The van der Waals surface area contributed by atoms with Crippen LogP contribution in [0.3, 0.4) is 0 Å². The molecule has 0 aliphatic heterocycles. The van der Waals surface area contributed by atoms with Crippen LogP contribution in [0.4, 0.5) is 4.39 Å². The lowest BCUT2D eigenvalue weighted by atomic mass is 9.57. The molecule has 4 rings (SSSR count). The van der Waals surface area contributed by atoms with Crippen LogP contribution in [0, 0.1) is 29.0 Å². The van der Waals surface area contributed by atoms with Crippen LogP contribution in [0.1, 0.15) is 95.0 Å². The molecule has 0 bridgehead atoms. The fraction of sp³-hybridized carbons (Fsp3) is 0.692. The normalized spacial score (nSPS) is 35.3. The molecule has 154 valence electrons. The third kappa shape index (κ3) is 4.50. The van der Waals surface area contributed by atoms with Crippen LogP contribution in [0.25, 0.3) is 0 Å². The van der Waals surface area contributed by atoms with Crippen LogP contribution in [-0.4, -0.2) is 0 Å². The number of benzene rings is 1. The molecule has 3 fully saturated rings. The predicted octanol–water partition coefficient (Wildman–Crippen LogP) is 8.61. The Morgan fingerprint density at radius 1 is 0.786 bits per heavy atom. The van der Waals surface area contributed by atoms with Crippen molar-refractivity contribution in [2.24, 2.45) is 23.2 Å². The Bertz CT molecular complexity index is 627. The summed E-state index contributed by atoms with van der Waals surface area (Å²) in [7, 11) is 0. The smallest absolute Gasteiger partial charge is 0.123 e. The Labute approximate surface area is 175 Å². The molecule has 28 heavy (non-hydrogen) atoms. The first-order valence-electron chi connectivity index (χ1n) is 11.7. The second-order valence-electron chi connectivity index (χ2n) is 9.86. The van der Waals surface area contributed by atoms with E-state index in [4.69, 9.17) is 11.6 Å². The molecule has 1 aromatic carbocycles. The maximum Gasteiger partial charge on any atom is 0.123 e. The number of allylic oxidation sites excluding steroid dienone is 1. The molecule has 0 unspecified atom stereocenters. The minimum Gasteiger partial charge on any atom is -0.207 e. The van der Waals surface area contributed by atoms with Crippen LogP contribution >= 0.6 is 11.6 Å². The van der Waals surface area contributed by atoms with E-state index in [9.17, 15) is 4.39 Å². The van der Waals surface area contributed by atoms with Crippen molar-refractivity contribution >= 4 is 11.6 Å². The van der Waals surface area contributed by atoms with E-state index in [2.05, 4.69) is 6.08 Å². The minimum atomic E-state index is -0.127. The van der Waals surface area contributed by atoms with Crippen LogP contribution < -0.4 is 0 Å². The molecule has 0 radical (unpaired) electrons. The van der Waals surface area contributed by atoms with Gasteiger partial charge in [-0.2, -0.15) is 0 Å². The van der Waals surface area contributed by atoms with Crippen molar-refractivity contribution < 1.29 is 4.39 Å². The van der Waals surface area contributed by atoms with Gasteiger partial charge in [-0.05, 0) is 98.1 Å². The molecule has 3 aliphatic carbocycles. The first-order valence-corrected chi connectivity index (χ1v) is 12.2. The van der Waals surface area contributed by atoms with Crippen molar-refractivity contribution in [2.45, 2.75) is 89.4 Å². The second kappa shape index (κ2) is 9.33. The lowest BCUT2D eigenvalue weighted by Gasteiger charge is -2.48. The first kappa shape index (κ1) is 20.5. The average molecular weight is 403 g/mol. The van der Waals surface area contributed by atoms with Crippen LogP contribution in [0.15, 0.2) is 35.9 Å². The zero-order valence-corrected chi connectivity index (χ0v) is 18.0. The van der Waals surface area contributed by atoms with E-state index in [1.165, 1.54) is 89.0 Å². The van der Waals surface area contributed by atoms with Gasteiger partial charge in [0.25, 0.3) is 0 Å². The summed E-state index contributed by atoms with van der Waals surface area (Å²) in [5.41, 5.74) is 3.47. The Hall–Kier alpha value is -0.820. The monoisotopic (exact) mass is 402 g/mol. The molecule has 0 heterocycles. The van der Waals surface area contributed by atoms with Gasteiger partial charge in [-0.25, -0.2) is 4.39 Å². The van der Waals surface area contributed by atoms with Gasteiger partial charge in [0.2, 0.25) is 0 Å². The summed E-state index contributed by atoms with van der Waals surface area (Å²) < 4.78 is 13.2. The Morgan fingerprint density at radius 3 is 2.00 bits per heavy atom. The summed E-state index contributed by atoms with van der Waals surface area (Å²) in [4.78, 5) is 0.